The molecule has 2 aromatic rings. The van der Waals surface area contributed by atoms with Gasteiger partial charge in [0.25, 0.3) is 0 Å². The summed E-state index contributed by atoms with van der Waals surface area (Å²) in [5.41, 5.74) is 0.814. The van der Waals surface area contributed by atoms with Crippen LogP contribution < -0.4 is 20.7 Å². The maximum atomic E-state index is 12.3. The third kappa shape index (κ3) is 6.77. The third-order valence-electron chi connectivity index (χ3n) is 3.33. The van der Waals surface area contributed by atoms with Crippen LogP contribution in [0.4, 0.5) is 11.8 Å². The molecule has 0 radical (unpaired) electrons. The molecule has 0 bridgehead atoms. The first kappa shape index (κ1) is 21.1. The Balaban J connectivity index is 1.86. The van der Waals surface area contributed by atoms with Crippen molar-refractivity contribution in [1.82, 2.24) is 20.0 Å². The van der Waals surface area contributed by atoms with Gasteiger partial charge in [-0.25, -0.2) is 18.1 Å². The number of aryl methyl sites for hydroxylation is 1. The Bertz CT molecular complexity index is 882. The zero-order valence-electron chi connectivity index (χ0n) is 15.5. The van der Waals surface area contributed by atoms with Gasteiger partial charge in [0.15, 0.2) is 0 Å². The number of nitrogens with one attached hydrogen (secondary N) is 4. The van der Waals surface area contributed by atoms with Crippen molar-refractivity contribution in [3.05, 3.63) is 28.8 Å². The standard InChI is InChI=1S/C16H24N6O3S2/c1-4-17-16-21-11(2)9-14(22-16)18-7-8-20-27(24,25)15-6-5-13(26-15)10-19-12(3)23/h5-6,9,20H,4,7-8,10H2,1-3H3,(H,19,23)(H2,17,18,21,22). The van der Waals surface area contributed by atoms with Gasteiger partial charge in [-0.3, -0.25) is 4.79 Å². The summed E-state index contributed by atoms with van der Waals surface area (Å²) in [5, 5.41) is 8.77. The number of rotatable bonds is 10. The summed E-state index contributed by atoms with van der Waals surface area (Å²) in [4.78, 5) is 20.3. The topological polar surface area (TPSA) is 125 Å². The molecule has 0 aromatic carbocycles. The van der Waals surface area contributed by atoms with E-state index in [9.17, 15) is 13.2 Å². The molecule has 0 aliphatic carbocycles. The lowest BCUT2D eigenvalue weighted by Crippen LogP contribution is -2.28. The molecule has 148 valence electrons. The Morgan fingerprint density at radius 3 is 2.67 bits per heavy atom. The molecule has 0 saturated carbocycles. The second kappa shape index (κ2) is 9.62. The molecule has 0 saturated heterocycles. The molecule has 9 nitrogen and oxygen atoms in total. The Morgan fingerprint density at radius 1 is 1.19 bits per heavy atom. The first-order chi connectivity index (χ1) is 12.8. The van der Waals surface area contributed by atoms with Crippen molar-refractivity contribution in [2.24, 2.45) is 0 Å². The summed E-state index contributed by atoms with van der Waals surface area (Å²) in [7, 11) is -3.59. The maximum Gasteiger partial charge on any atom is 0.250 e. The minimum Gasteiger partial charge on any atom is -0.369 e. The molecule has 0 fully saturated rings. The van der Waals surface area contributed by atoms with E-state index in [1.54, 1.807) is 12.1 Å². The van der Waals surface area contributed by atoms with Crippen molar-refractivity contribution >= 4 is 39.0 Å². The minimum atomic E-state index is -3.59. The smallest absolute Gasteiger partial charge is 0.250 e. The van der Waals surface area contributed by atoms with E-state index < -0.39 is 10.0 Å². The number of anilines is 2. The largest absolute Gasteiger partial charge is 0.369 e. The number of sulfonamides is 1. The normalized spacial score (nSPS) is 11.2. The average molecular weight is 413 g/mol. The van der Waals surface area contributed by atoms with Crippen molar-refractivity contribution in [1.29, 1.82) is 0 Å². The van der Waals surface area contributed by atoms with Gasteiger partial charge in [0.1, 0.15) is 10.0 Å². The van der Waals surface area contributed by atoms with Crippen LogP contribution in [-0.4, -0.2) is 43.9 Å². The van der Waals surface area contributed by atoms with E-state index in [0.717, 1.165) is 21.9 Å². The highest BCUT2D eigenvalue weighted by molar-refractivity contribution is 7.91. The van der Waals surface area contributed by atoms with Gasteiger partial charge < -0.3 is 16.0 Å². The number of hydrogen-bond acceptors (Lipinski definition) is 8. The number of thiophene rings is 1. The summed E-state index contributed by atoms with van der Waals surface area (Å²) >= 11 is 1.13. The molecule has 0 spiro atoms. The van der Waals surface area contributed by atoms with Crippen molar-refractivity contribution in [2.75, 3.05) is 30.3 Å². The van der Waals surface area contributed by atoms with Gasteiger partial charge in [0, 0.05) is 43.2 Å². The fraction of sp³-hybridized carbons (Fsp3) is 0.438. The lowest BCUT2D eigenvalue weighted by Gasteiger charge is -2.09. The van der Waals surface area contributed by atoms with E-state index in [0.29, 0.717) is 31.4 Å². The van der Waals surface area contributed by atoms with Crippen molar-refractivity contribution in [2.45, 2.75) is 31.5 Å². The van der Waals surface area contributed by atoms with Crippen LogP contribution in [0.25, 0.3) is 0 Å². The fourth-order valence-electron chi connectivity index (χ4n) is 2.15. The molecule has 0 aliphatic heterocycles. The second-order valence-electron chi connectivity index (χ2n) is 5.70. The Hall–Kier alpha value is -2.24. The average Bonchev–Trinajstić information content (AvgIpc) is 3.07. The first-order valence-electron chi connectivity index (χ1n) is 8.46. The molecule has 0 aliphatic rings. The van der Waals surface area contributed by atoms with E-state index in [4.69, 9.17) is 0 Å². The fourth-order valence-corrected chi connectivity index (χ4v) is 4.52. The van der Waals surface area contributed by atoms with Gasteiger partial charge in [0.05, 0.1) is 6.54 Å². The summed E-state index contributed by atoms with van der Waals surface area (Å²) in [6, 6.07) is 5.02. The van der Waals surface area contributed by atoms with Gasteiger partial charge in [-0.2, -0.15) is 4.98 Å². The summed E-state index contributed by atoms with van der Waals surface area (Å²) in [5.74, 6) is 1.01. The number of carbonyl (C=O) groups is 1. The highest BCUT2D eigenvalue weighted by Gasteiger charge is 2.16. The number of nitrogens with zero attached hydrogens (tertiary/aromatic N) is 2. The molecule has 0 unspecified atom stereocenters. The summed E-state index contributed by atoms with van der Waals surface area (Å²) in [6.45, 7) is 6.86. The van der Waals surface area contributed by atoms with E-state index >= 15 is 0 Å². The lowest BCUT2D eigenvalue weighted by molar-refractivity contribution is -0.119. The number of hydrogen-bond donors (Lipinski definition) is 4. The van der Waals surface area contributed by atoms with Crippen LogP contribution in [0.5, 0.6) is 0 Å². The number of amides is 1. The van der Waals surface area contributed by atoms with E-state index in [-0.39, 0.29) is 16.7 Å². The van der Waals surface area contributed by atoms with Crippen LogP contribution in [-0.2, 0) is 21.4 Å². The van der Waals surface area contributed by atoms with E-state index in [1.165, 1.54) is 13.0 Å². The van der Waals surface area contributed by atoms with Crippen LogP contribution >= 0.6 is 11.3 Å². The SMILES string of the molecule is CCNc1nc(C)cc(NCCNS(=O)(=O)c2ccc(CNC(C)=O)s2)n1. The van der Waals surface area contributed by atoms with Crippen LogP contribution in [0.3, 0.4) is 0 Å². The van der Waals surface area contributed by atoms with Crippen molar-refractivity contribution in [3.8, 4) is 0 Å². The van der Waals surface area contributed by atoms with E-state index in [1.807, 2.05) is 13.8 Å². The Morgan fingerprint density at radius 2 is 1.96 bits per heavy atom. The maximum absolute atomic E-state index is 12.3. The highest BCUT2D eigenvalue weighted by Crippen LogP contribution is 2.21. The second-order valence-corrected chi connectivity index (χ2v) is 8.87. The monoisotopic (exact) mass is 412 g/mol. The predicted octanol–water partition coefficient (Wildman–Crippen LogP) is 1.30. The number of aromatic nitrogens is 2. The molecule has 1 amide bonds. The molecule has 2 heterocycles. The lowest BCUT2D eigenvalue weighted by atomic mass is 10.4. The quantitative estimate of drug-likeness (QED) is 0.434. The minimum absolute atomic E-state index is 0.158. The highest BCUT2D eigenvalue weighted by atomic mass is 32.2. The van der Waals surface area contributed by atoms with Gasteiger partial charge in [-0.05, 0) is 26.0 Å². The van der Waals surface area contributed by atoms with Crippen LogP contribution in [0.1, 0.15) is 24.4 Å². The van der Waals surface area contributed by atoms with Gasteiger partial charge >= 0.3 is 0 Å². The zero-order chi connectivity index (χ0) is 19.9. The summed E-state index contributed by atoms with van der Waals surface area (Å²) < 4.78 is 27.4. The molecular weight excluding hydrogens is 388 g/mol. The third-order valence-corrected chi connectivity index (χ3v) is 6.36. The van der Waals surface area contributed by atoms with Crippen LogP contribution in [0.2, 0.25) is 0 Å². The van der Waals surface area contributed by atoms with Crippen molar-refractivity contribution in [3.63, 3.8) is 0 Å². The van der Waals surface area contributed by atoms with Crippen LogP contribution in [0, 0.1) is 6.92 Å². The molecular formula is C16H24N6O3S2. The molecule has 4 N–H and O–H groups in total. The Kier molecular flexibility index (Phi) is 7.51. The molecule has 27 heavy (non-hydrogen) atoms. The molecule has 11 heteroatoms. The number of carbonyl (C=O) groups excluding carboxylic acids is 1. The summed E-state index contributed by atoms with van der Waals surface area (Å²) in [6.07, 6.45) is 0. The van der Waals surface area contributed by atoms with Gasteiger partial charge in [-0.15, -0.1) is 11.3 Å². The zero-order valence-corrected chi connectivity index (χ0v) is 17.1. The van der Waals surface area contributed by atoms with Crippen molar-refractivity contribution < 1.29 is 13.2 Å². The Labute approximate surface area is 163 Å². The molecule has 0 atom stereocenters. The van der Waals surface area contributed by atoms with Gasteiger partial charge in [0.2, 0.25) is 21.9 Å². The first-order valence-corrected chi connectivity index (χ1v) is 10.8. The predicted molar refractivity (Wildman–Crippen MR) is 106 cm³/mol. The van der Waals surface area contributed by atoms with E-state index in [2.05, 4.69) is 30.6 Å². The van der Waals surface area contributed by atoms with Crippen LogP contribution in [0.15, 0.2) is 22.4 Å². The van der Waals surface area contributed by atoms with Gasteiger partial charge in [-0.1, -0.05) is 0 Å². The molecule has 2 aromatic heterocycles. The molecule has 2 rings (SSSR count).